The van der Waals surface area contributed by atoms with E-state index in [9.17, 15) is 4.79 Å². The third-order valence-electron chi connectivity index (χ3n) is 2.19. The zero-order chi connectivity index (χ0) is 12.1. The standard InChI is InChI=1S/C12H11N3O2/c16-8-9-1-6-14-11(7-9)15-12(17)10-2-4-13-5-3-10/h1-7,16H,8H2,(H,14,15,17). The lowest BCUT2D eigenvalue weighted by molar-refractivity contribution is 0.102. The molecule has 17 heavy (non-hydrogen) atoms. The first-order valence-corrected chi connectivity index (χ1v) is 5.07. The molecule has 2 N–H and O–H groups in total. The lowest BCUT2D eigenvalue weighted by Crippen LogP contribution is -2.13. The third-order valence-corrected chi connectivity index (χ3v) is 2.19. The minimum Gasteiger partial charge on any atom is -0.392 e. The number of nitrogens with zero attached hydrogens (tertiary/aromatic N) is 2. The molecule has 5 heteroatoms. The molecule has 0 unspecified atom stereocenters. The Labute approximate surface area is 98.2 Å². The molecule has 0 atom stereocenters. The Bertz CT molecular complexity index is 514. The van der Waals surface area contributed by atoms with E-state index in [1.54, 1.807) is 36.7 Å². The number of hydrogen-bond acceptors (Lipinski definition) is 4. The fraction of sp³-hybridized carbons (Fsp3) is 0.0833. The Kier molecular flexibility index (Phi) is 3.42. The van der Waals surface area contributed by atoms with Crippen molar-refractivity contribution in [3.05, 3.63) is 54.0 Å². The van der Waals surface area contributed by atoms with Gasteiger partial charge < -0.3 is 10.4 Å². The summed E-state index contributed by atoms with van der Waals surface area (Å²) >= 11 is 0. The maximum absolute atomic E-state index is 11.8. The summed E-state index contributed by atoms with van der Waals surface area (Å²) in [4.78, 5) is 19.6. The van der Waals surface area contributed by atoms with Crippen molar-refractivity contribution >= 4 is 11.7 Å². The van der Waals surface area contributed by atoms with Crippen molar-refractivity contribution in [2.75, 3.05) is 5.32 Å². The van der Waals surface area contributed by atoms with Crippen molar-refractivity contribution in [2.45, 2.75) is 6.61 Å². The van der Waals surface area contributed by atoms with Crippen LogP contribution in [0, 0.1) is 0 Å². The summed E-state index contributed by atoms with van der Waals surface area (Å²) < 4.78 is 0. The van der Waals surface area contributed by atoms with Crippen molar-refractivity contribution in [2.24, 2.45) is 0 Å². The molecule has 0 fully saturated rings. The molecule has 2 heterocycles. The van der Waals surface area contributed by atoms with Crippen LogP contribution in [0.25, 0.3) is 0 Å². The highest BCUT2D eigenvalue weighted by molar-refractivity contribution is 6.03. The van der Waals surface area contributed by atoms with Crippen LogP contribution in [0.3, 0.4) is 0 Å². The maximum atomic E-state index is 11.8. The van der Waals surface area contributed by atoms with Gasteiger partial charge in [-0.25, -0.2) is 4.98 Å². The largest absolute Gasteiger partial charge is 0.392 e. The lowest BCUT2D eigenvalue weighted by atomic mass is 10.2. The van der Waals surface area contributed by atoms with Crippen LogP contribution < -0.4 is 5.32 Å². The molecule has 0 radical (unpaired) electrons. The molecule has 0 saturated heterocycles. The van der Waals surface area contributed by atoms with Crippen LogP contribution in [-0.2, 0) is 6.61 Å². The second-order valence-corrected chi connectivity index (χ2v) is 3.40. The highest BCUT2D eigenvalue weighted by atomic mass is 16.3. The first kappa shape index (κ1) is 11.2. The van der Waals surface area contributed by atoms with Crippen LogP contribution in [0.4, 0.5) is 5.82 Å². The minimum atomic E-state index is -0.255. The zero-order valence-electron chi connectivity index (χ0n) is 9.00. The van der Waals surface area contributed by atoms with Crippen LogP contribution in [0.15, 0.2) is 42.9 Å². The molecular weight excluding hydrogens is 218 g/mol. The van der Waals surface area contributed by atoms with Gasteiger partial charge in [-0.15, -0.1) is 0 Å². The van der Waals surface area contributed by atoms with Gasteiger partial charge in [0.05, 0.1) is 6.61 Å². The van der Waals surface area contributed by atoms with Crippen molar-refractivity contribution in [1.29, 1.82) is 0 Å². The number of carbonyl (C=O) groups excluding carboxylic acids is 1. The summed E-state index contributed by atoms with van der Waals surface area (Å²) in [5.74, 6) is 0.161. The van der Waals surface area contributed by atoms with Crippen molar-refractivity contribution in [3.8, 4) is 0 Å². The molecule has 0 aliphatic heterocycles. The quantitative estimate of drug-likeness (QED) is 0.829. The highest BCUT2D eigenvalue weighted by Crippen LogP contribution is 2.08. The first-order chi connectivity index (χ1) is 8.29. The molecule has 2 aromatic heterocycles. The number of amides is 1. The highest BCUT2D eigenvalue weighted by Gasteiger charge is 2.06. The third kappa shape index (κ3) is 2.85. The molecule has 0 aromatic carbocycles. The molecule has 0 saturated carbocycles. The van der Waals surface area contributed by atoms with E-state index in [0.29, 0.717) is 16.9 Å². The molecule has 0 aliphatic rings. The molecule has 0 spiro atoms. The Morgan fingerprint density at radius 2 is 2.00 bits per heavy atom. The Morgan fingerprint density at radius 3 is 2.71 bits per heavy atom. The lowest BCUT2D eigenvalue weighted by Gasteiger charge is -2.05. The molecule has 5 nitrogen and oxygen atoms in total. The number of nitrogens with one attached hydrogen (secondary N) is 1. The first-order valence-electron chi connectivity index (χ1n) is 5.07. The van der Waals surface area contributed by atoms with Crippen LogP contribution in [0.2, 0.25) is 0 Å². The summed E-state index contributed by atoms with van der Waals surface area (Å²) in [6.07, 6.45) is 4.63. The topological polar surface area (TPSA) is 75.1 Å². The predicted molar refractivity (Wildman–Crippen MR) is 62.4 cm³/mol. The number of aliphatic hydroxyl groups is 1. The summed E-state index contributed by atoms with van der Waals surface area (Å²) in [7, 11) is 0. The fourth-order valence-electron chi connectivity index (χ4n) is 1.33. The number of aromatic nitrogens is 2. The predicted octanol–water partition coefficient (Wildman–Crippen LogP) is 1.22. The molecule has 86 valence electrons. The number of carbonyl (C=O) groups is 1. The van der Waals surface area contributed by atoms with E-state index >= 15 is 0 Å². The Morgan fingerprint density at radius 1 is 1.24 bits per heavy atom. The normalized spacial score (nSPS) is 9.94. The van der Waals surface area contributed by atoms with Crippen LogP contribution in [-0.4, -0.2) is 21.0 Å². The number of aliphatic hydroxyl groups excluding tert-OH is 1. The van der Waals surface area contributed by atoms with Gasteiger partial charge in [-0.05, 0) is 29.8 Å². The average molecular weight is 229 g/mol. The van der Waals surface area contributed by atoms with Crippen LogP contribution >= 0.6 is 0 Å². The van der Waals surface area contributed by atoms with Crippen molar-refractivity contribution in [1.82, 2.24) is 9.97 Å². The molecule has 2 rings (SSSR count). The van der Waals surface area contributed by atoms with Gasteiger partial charge in [0.1, 0.15) is 5.82 Å². The second-order valence-electron chi connectivity index (χ2n) is 3.40. The monoisotopic (exact) mass is 229 g/mol. The van der Waals surface area contributed by atoms with Gasteiger partial charge in [-0.1, -0.05) is 0 Å². The number of anilines is 1. The minimum absolute atomic E-state index is 0.0827. The van der Waals surface area contributed by atoms with Gasteiger partial charge in [0, 0.05) is 24.2 Å². The molecule has 2 aromatic rings. The van der Waals surface area contributed by atoms with E-state index in [-0.39, 0.29) is 12.5 Å². The van der Waals surface area contributed by atoms with E-state index in [2.05, 4.69) is 15.3 Å². The Balaban J connectivity index is 2.13. The summed E-state index contributed by atoms with van der Waals surface area (Å²) in [6, 6.07) is 6.54. The number of rotatable bonds is 3. The van der Waals surface area contributed by atoms with Crippen LogP contribution in [0.5, 0.6) is 0 Å². The summed E-state index contributed by atoms with van der Waals surface area (Å²) in [6.45, 7) is -0.0827. The van der Waals surface area contributed by atoms with Gasteiger partial charge in [-0.3, -0.25) is 9.78 Å². The SMILES string of the molecule is O=C(Nc1cc(CO)ccn1)c1ccncc1. The van der Waals surface area contributed by atoms with E-state index in [0.717, 1.165) is 0 Å². The van der Waals surface area contributed by atoms with E-state index in [1.807, 2.05) is 0 Å². The van der Waals surface area contributed by atoms with Crippen molar-refractivity contribution in [3.63, 3.8) is 0 Å². The van der Waals surface area contributed by atoms with E-state index in [1.165, 1.54) is 6.20 Å². The number of pyridine rings is 2. The smallest absolute Gasteiger partial charge is 0.256 e. The van der Waals surface area contributed by atoms with Gasteiger partial charge in [-0.2, -0.15) is 0 Å². The van der Waals surface area contributed by atoms with Gasteiger partial charge in [0.2, 0.25) is 0 Å². The van der Waals surface area contributed by atoms with E-state index in [4.69, 9.17) is 5.11 Å². The van der Waals surface area contributed by atoms with Gasteiger partial charge in [0.25, 0.3) is 5.91 Å². The maximum Gasteiger partial charge on any atom is 0.256 e. The van der Waals surface area contributed by atoms with E-state index < -0.39 is 0 Å². The second kappa shape index (κ2) is 5.18. The molecule has 0 aliphatic carbocycles. The zero-order valence-corrected chi connectivity index (χ0v) is 9.00. The Hall–Kier alpha value is -2.27. The molecule has 1 amide bonds. The molecular formula is C12H11N3O2. The average Bonchev–Trinajstić information content (AvgIpc) is 2.40. The molecule has 0 bridgehead atoms. The number of hydrogen-bond donors (Lipinski definition) is 2. The van der Waals surface area contributed by atoms with Gasteiger partial charge in [0.15, 0.2) is 0 Å². The van der Waals surface area contributed by atoms with Crippen LogP contribution in [0.1, 0.15) is 15.9 Å². The fourth-order valence-corrected chi connectivity index (χ4v) is 1.33. The summed E-state index contributed by atoms with van der Waals surface area (Å²) in [5.41, 5.74) is 1.21. The summed E-state index contributed by atoms with van der Waals surface area (Å²) in [5, 5.41) is 11.6. The van der Waals surface area contributed by atoms with Crippen molar-refractivity contribution < 1.29 is 9.90 Å². The van der Waals surface area contributed by atoms with Gasteiger partial charge >= 0.3 is 0 Å².